The summed E-state index contributed by atoms with van der Waals surface area (Å²) in [6, 6.07) is -0.544. The standard InChI is InChI=1S/C16H29NO9S/c1-8-3-4-10(16(20)21)15(14(8)19)26-12-6-9(7-25-27(22,23)24)5-11(18)13(12)17-2/h8-15,17-19H,3-7H2,1-2H3,(H,20,21)(H,22,23,24)/p-2/t8?,9?,10?,11-,12+,13?,14+,15-/m0/s1. The highest BCUT2D eigenvalue weighted by atomic mass is 32.3. The number of aliphatic carboxylic acids is 1. The van der Waals surface area contributed by atoms with Crippen molar-refractivity contribution in [3.8, 4) is 0 Å². The molecule has 0 aromatic rings. The van der Waals surface area contributed by atoms with Crippen LogP contribution in [0.3, 0.4) is 0 Å². The Kier molecular flexibility index (Phi) is 7.59. The second kappa shape index (κ2) is 9.12. The van der Waals surface area contributed by atoms with Crippen LogP contribution in [0.2, 0.25) is 0 Å². The molecule has 2 aliphatic rings. The lowest BCUT2D eigenvalue weighted by atomic mass is 9.77. The first-order valence-electron chi connectivity index (χ1n) is 9.03. The van der Waals surface area contributed by atoms with Gasteiger partial charge in [0.2, 0.25) is 10.4 Å². The molecule has 2 fully saturated rings. The Bertz CT molecular complexity index is 613. The number of aliphatic hydroxyl groups excluding tert-OH is 2. The van der Waals surface area contributed by atoms with E-state index in [1.807, 2.05) is 0 Å². The van der Waals surface area contributed by atoms with E-state index >= 15 is 0 Å². The number of nitrogens with one attached hydrogen (secondary N) is 1. The molecule has 0 aromatic heterocycles. The zero-order valence-corrected chi connectivity index (χ0v) is 16.1. The molecule has 0 heterocycles. The average Bonchev–Trinajstić information content (AvgIpc) is 2.56. The summed E-state index contributed by atoms with van der Waals surface area (Å²) >= 11 is 0. The molecule has 8 atom stereocenters. The minimum atomic E-state index is -4.85. The Balaban J connectivity index is 2.14. The van der Waals surface area contributed by atoms with E-state index in [-0.39, 0.29) is 18.8 Å². The summed E-state index contributed by atoms with van der Waals surface area (Å²) < 4.78 is 42.3. The van der Waals surface area contributed by atoms with Crippen molar-refractivity contribution in [3.05, 3.63) is 0 Å². The molecule has 11 heteroatoms. The monoisotopic (exact) mass is 409 g/mol. The maximum atomic E-state index is 11.5. The largest absolute Gasteiger partial charge is 0.726 e. The van der Waals surface area contributed by atoms with Gasteiger partial charge in [-0.05, 0) is 44.6 Å². The van der Waals surface area contributed by atoms with Crippen molar-refractivity contribution in [2.45, 2.75) is 63.1 Å². The molecular formula is C16H27NO9S-2. The lowest BCUT2D eigenvalue weighted by Gasteiger charge is -2.45. The summed E-state index contributed by atoms with van der Waals surface area (Å²) in [5.74, 6) is -2.92. The van der Waals surface area contributed by atoms with Gasteiger partial charge in [0.25, 0.3) is 0 Å². The van der Waals surface area contributed by atoms with Crippen LogP contribution in [0, 0.1) is 17.8 Å². The lowest BCUT2D eigenvalue weighted by Crippen LogP contribution is -2.58. The van der Waals surface area contributed by atoms with Crippen molar-refractivity contribution >= 4 is 16.4 Å². The number of carbonyl (C=O) groups is 1. The van der Waals surface area contributed by atoms with Crippen LogP contribution in [0.1, 0.15) is 32.6 Å². The van der Waals surface area contributed by atoms with Gasteiger partial charge in [-0.3, -0.25) is 4.18 Å². The number of carbonyl (C=O) groups excluding carboxylic acids is 1. The average molecular weight is 409 g/mol. The van der Waals surface area contributed by atoms with E-state index in [1.165, 1.54) is 0 Å². The smallest absolute Gasteiger partial charge is 0.217 e. The highest BCUT2D eigenvalue weighted by molar-refractivity contribution is 7.80. The second-order valence-electron chi connectivity index (χ2n) is 7.52. The Hall–Kier alpha value is -0.820. The molecule has 2 saturated carbocycles. The molecule has 0 aliphatic heterocycles. The Morgan fingerprint density at radius 1 is 1.26 bits per heavy atom. The fraction of sp³-hybridized carbons (Fsp3) is 0.938. The summed E-state index contributed by atoms with van der Waals surface area (Å²) in [6.07, 6.45) is -2.37. The Morgan fingerprint density at radius 2 is 1.93 bits per heavy atom. The van der Waals surface area contributed by atoms with Gasteiger partial charge < -0.3 is 34.7 Å². The molecule has 0 radical (unpaired) electrons. The third-order valence-electron chi connectivity index (χ3n) is 5.62. The lowest BCUT2D eigenvalue weighted by molar-refractivity contribution is -0.319. The Morgan fingerprint density at radius 3 is 2.48 bits per heavy atom. The van der Waals surface area contributed by atoms with Crippen LogP contribution < -0.4 is 10.4 Å². The third-order valence-corrected chi connectivity index (χ3v) is 6.05. The van der Waals surface area contributed by atoms with Crippen LogP contribution in [0.4, 0.5) is 0 Å². The quantitative estimate of drug-likeness (QED) is 0.308. The first-order chi connectivity index (χ1) is 12.5. The van der Waals surface area contributed by atoms with Crippen LogP contribution in [0.15, 0.2) is 0 Å². The van der Waals surface area contributed by atoms with Gasteiger partial charge in [-0.25, -0.2) is 8.42 Å². The van der Waals surface area contributed by atoms with Gasteiger partial charge in [0.05, 0.1) is 37.1 Å². The SMILES string of the molecule is CNC1[C@@H](O)CC(COS(=O)(=O)[O-])C[C@H]1O[C@H]1C(C(=O)[O-])CCC(C)[C@H]1O. The summed E-state index contributed by atoms with van der Waals surface area (Å²) in [6.45, 7) is 1.40. The van der Waals surface area contributed by atoms with Gasteiger partial charge in [-0.15, -0.1) is 0 Å². The van der Waals surface area contributed by atoms with Crippen molar-refractivity contribution in [2.75, 3.05) is 13.7 Å². The zero-order chi connectivity index (χ0) is 20.4. The molecule has 158 valence electrons. The van der Waals surface area contributed by atoms with E-state index in [4.69, 9.17) is 4.74 Å². The number of likely N-dealkylation sites (N-methyl/N-ethyl adjacent to an activating group) is 1. The molecule has 0 spiro atoms. The molecule has 2 rings (SSSR count). The minimum absolute atomic E-state index is 0.156. The van der Waals surface area contributed by atoms with Crippen LogP contribution in [-0.4, -0.2) is 73.3 Å². The number of carboxylic acid groups (broad SMARTS) is 1. The molecule has 2 aliphatic carbocycles. The molecule has 0 amide bonds. The van der Waals surface area contributed by atoms with Gasteiger partial charge in [-0.1, -0.05) is 6.92 Å². The number of hydrogen-bond acceptors (Lipinski definition) is 10. The number of hydrogen-bond donors (Lipinski definition) is 3. The fourth-order valence-corrected chi connectivity index (χ4v) is 4.47. The van der Waals surface area contributed by atoms with Gasteiger partial charge >= 0.3 is 0 Å². The highest BCUT2D eigenvalue weighted by Gasteiger charge is 2.44. The van der Waals surface area contributed by atoms with Gasteiger partial charge in [0.15, 0.2) is 0 Å². The first-order valence-corrected chi connectivity index (χ1v) is 10.4. The number of rotatable bonds is 7. The van der Waals surface area contributed by atoms with Crippen molar-refractivity contribution in [3.63, 3.8) is 0 Å². The molecule has 0 aromatic carbocycles. The second-order valence-corrected chi connectivity index (χ2v) is 8.57. The summed E-state index contributed by atoms with van der Waals surface area (Å²) in [7, 11) is -3.24. The topological polar surface area (TPSA) is 168 Å². The predicted molar refractivity (Wildman–Crippen MR) is 88.8 cm³/mol. The zero-order valence-electron chi connectivity index (χ0n) is 15.3. The van der Waals surface area contributed by atoms with E-state index in [1.54, 1.807) is 14.0 Å². The van der Waals surface area contributed by atoms with Crippen LogP contribution >= 0.6 is 0 Å². The summed E-state index contributed by atoms with van der Waals surface area (Å²) in [4.78, 5) is 11.5. The molecule has 3 N–H and O–H groups in total. The van der Waals surface area contributed by atoms with Crippen molar-refractivity contribution in [1.29, 1.82) is 0 Å². The summed E-state index contributed by atoms with van der Waals surface area (Å²) in [5.41, 5.74) is 0. The number of carboxylic acids is 1. The normalized spacial score (nSPS) is 40.6. The van der Waals surface area contributed by atoms with Crippen molar-refractivity contribution < 1.29 is 42.0 Å². The van der Waals surface area contributed by atoms with E-state index in [9.17, 15) is 33.1 Å². The molecular weight excluding hydrogens is 382 g/mol. The van der Waals surface area contributed by atoms with Crippen molar-refractivity contribution in [1.82, 2.24) is 5.32 Å². The summed E-state index contributed by atoms with van der Waals surface area (Å²) in [5, 5.41) is 35.2. The van der Waals surface area contributed by atoms with Crippen LogP contribution in [-0.2, 0) is 24.1 Å². The van der Waals surface area contributed by atoms with Crippen molar-refractivity contribution in [2.24, 2.45) is 17.8 Å². The highest BCUT2D eigenvalue weighted by Crippen LogP contribution is 2.35. The fourth-order valence-electron chi connectivity index (χ4n) is 4.11. The van der Waals surface area contributed by atoms with Crippen LogP contribution in [0.5, 0.6) is 0 Å². The number of aliphatic hydroxyl groups is 2. The molecule has 27 heavy (non-hydrogen) atoms. The maximum Gasteiger partial charge on any atom is 0.217 e. The minimum Gasteiger partial charge on any atom is -0.726 e. The van der Waals surface area contributed by atoms with Crippen LogP contribution in [0.25, 0.3) is 0 Å². The first kappa shape index (κ1) is 22.5. The predicted octanol–water partition coefficient (Wildman–Crippen LogP) is -2.27. The van der Waals surface area contributed by atoms with Gasteiger partial charge in [-0.2, -0.15) is 0 Å². The van der Waals surface area contributed by atoms with E-state index in [2.05, 4.69) is 9.50 Å². The van der Waals surface area contributed by atoms with E-state index in [0.29, 0.717) is 12.8 Å². The third kappa shape index (κ3) is 5.83. The Labute approximate surface area is 158 Å². The van der Waals surface area contributed by atoms with E-state index < -0.39 is 65.3 Å². The number of ether oxygens (including phenoxy) is 1. The molecule has 0 saturated heterocycles. The van der Waals surface area contributed by atoms with Gasteiger partial charge in [0, 0.05) is 11.9 Å². The maximum absolute atomic E-state index is 11.5. The molecule has 0 bridgehead atoms. The van der Waals surface area contributed by atoms with E-state index in [0.717, 1.165) is 0 Å². The molecule has 4 unspecified atom stereocenters. The molecule has 10 nitrogen and oxygen atoms in total. The van der Waals surface area contributed by atoms with Gasteiger partial charge in [0.1, 0.15) is 0 Å².